The minimum atomic E-state index is 0.472. The summed E-state index contributed by atoms with van der Waals surface area (Å²) >= 11 is 0. The van der Waals surface area contributed by atoms with Gasteiger partial charge in [-0.3, -0.25) is 0 Å². The maximum Gasteiger partial charge on any atom is 0.00797 e. The molecule has 90 valence electrons. The van der Waals surface area contributed by atoms with E-state index in [0.29, 0.717) is 5.41 Å². The van der Waals surface area contributed by atoms with Crippen LogP contribution in [0, 0.1) is 5.41 Å². The highest BCUT2D eigenvalue weighted by Crippen LogP contribution is 2.18. The molecule has 0 saturated carbocycles. The number of nitrogens with zero attached hydrogens (tertiary/aromatic N) is 1. The summed E-state index contributed by atoms with van der Waals surface area (Å²) in [6.45, 7) is 10.7. The van der Waals surface area contributed by atoms with E-state index in [0.717, 1.165) is 6.04 Å². The molecule has 0 aromatic rings. The second-order valence-corrected chi connectivity index (χ2v) is 6.20. The molecule has 0 aromatic heterocycles. The summed E-state index contributed by atoms with van der Waals surface area (Å²) in [5.41, 5.74) is 0.472. The zero-order chi connectivity index (χ0) is 11.3. The maximum atomic E-state index is 3.56. The molecule has 0 radical (unpaired) electrons. The van der Waals surface area contributed by atoms with Gasteiger partial charge in [0.2, 0.25) is 0 Å². The van der Waals surface area contributed by atoms with E-state index in [9.17, 15) is 0 Å². The van der Waals surface area contributed by atoms with Crippen LogP contribution in [-0.4, -0.2) is 37.6 Å². The van der Waals surface area contributed by atoms with Crippen molar-refractivity contribution >= 4 is 0 Å². The van der Waals surface area contributed by atoms with Crippen molar-refractivity contribution in [1.82, 2.24) is 10.2 Å². The van der Waals surface area contributed by atoms with Crippen molar-refractivity contribution in [2.24, 2.45) is 5.41 Å². The standard InChI is InChI=1S/C13H28N2/c1-13(2,3)8-11-15(4)10-7-12-6-5-9-14-12/h12,14H,5-11H2,1-4H3. The van der Waals surface area contributed by atoms with Crippen molar-refractivity contribution < 1.29 is 0 Å². The Morgan fingerprint density at radius 2 is 2.00 bits per heavy atom. The molecular weight excluding hydrogens is 184 g/mol. The highest BCUT2D eigenvalue weighted by molar-refractivity contribution is 4.75. The van der Waals surface area contributed by atoms with E-state index in [2.05, 4.69) is 38.0 Å². The molecular formula is C13H28N2. The van der Waals surface area contributed by atoms with Gasteiger partial charge in [0, 0.05) is 6.04 Å². The molecule has 2 nitrogen and oxygen atoms in total. The quantitative estimate of drug-likeness (QED) is 0.753. The third-order valence-electron chi connectivity index (χ3n) is 3.27. The van der Waals surface area contributed by atoms with E-state index < -0.39 is 0 Å². The first-order chi connectivity index (χ1) is 6.97. The normalized spacial score (nSPS) is 22.6. The smallest absolute Gasteiger partial charge is 0.00797 e. The van der Waals surface area contributed by atoms with Gasteiger partial charge in [-0.25, -0.2) is 0 Å². The Balaban J connectivity index is 2.05. The van der Waals surface area contributed by atoms with E-state index in [-0.39, 0.29) is 0 Å². The lowest BCUT2D eigenvalue weighted by molar-refractivity contribution is 0.255. The lowest BCUT2D eigenvalue weighted by atomic mass is 9.92. The third-order valence-corrected chi connectivity index (χ3v) is 3.27. The number of hydrogen-bond donors (Lipinski definition) is 1. The minimum absolute atomic E-state index is 0.472. The lowest BCUT2D eigenvalue weighted by Crippen LogP contribution is -2.30. The minimum Gasteiger partial charge on any atom is -0.314 e. The van der Waals surface area contributed by atoms with Crippen LogP contribution in [0.15, 0.2) is 0 Å². The fourth-order valence-electron chi connectivity index (χ4n) is 2.02. The first-order valence-electron chi connectivity index (χ1n) is 6.39. The average molecular weight is 212 g/mol. The van der Waals surface area contributed by atoms with E-state index >= 15 is 0 Å². The Morgan fingerprint density at radius 3 is 2.53 bits per heavy atom. The number of nitrogens with one attached hydrogen (secondary N) is 1. The van der Waals surface area contributed by atoms with Gasteiger partial charge in [-0.05, 0) is 57.8 Å². The lowest BCUT2D eigenvalue weighted by Gasteiger charge is -2.24. The van der Waals surface area contributed by atoms with Gasteiger partial charge in [0.05, 0.1) is 0 Å². The molecule has 1 fully saturated rings. The van der Waals surface area contributed by atoms with Crippen molar-refractivity contribution in [3.05, 3.63) is 0 Å². The summed E-state index contributed by atoms with van der Waals surface area (Å²) in [7, 11) is 2.25. The van der Waals surface area contributed by atoms with Gasteiger partial charge >= 0.3 is 0 Å². The van der Waals surface area contributed by atoms with Crippen molar-refractivity contribution in [3.8, 4) is 0 Å². The Labute approximate surface area is 95.4 Å². The average Bonchev–Trinajstić information content (AvgIpc) is 2.62. The molecule has 0 spiro atoms. The molecule has 1 heterocycles. The molecule has 1 N–H and O–H groups in total. The summed E-state index contributed by atoms with van der Waals surface area (Å²) in [5.74, 6) is 0. The Bertz CT molecular complexity index is 166. The molecule has 0 aliphatic carbocycles. The maximum absolute atomic E-state index is 3.56. The zero-order valence-corrected chi connectivity index (χ0v) is 11.0. The van der Waals surface area contributed by atoms with Gasteiger partial charge in [-0.2, -0.15) is 0 Å². The number of hydrogen-bond acceptors (Lipinski definition) is 2. The third kappa shape index (κ3) is 6.16. The molecule has 0 amide bonds. The fourth-order valence-corrected chi connectivity index (χ4v) is 2.02. The second-order valence-electron chi connectivity index (χ2n) is 6.20. The highest BCUT2D eigenvalue weighted by Gasteiger charge is 2.15. The number of rotatable bonds is 5. The van der Waals surface area contributed by atoms with Crippen LogP contribution in [0.25, 0.3) is 0 Å². The van der Waals surface area contributed by atoms with Crippen molar-refractivity contribution in [2.75, 3.05) is 26.7 Å². The molecule has 0 bridgehead atoms. The Morgan fingerprint density at radius 1 is 1.27 bits per heavy atom. The summed E-state index contributed by atoms with van der Waals surface area (Å²) in [6.07, 6.45) is 5.37. The van der Waals surface area contributed by atoms with Crippen LogP contribution in [0.1, 0.15) is 46.5 Å². The summed E-state index contributed by atoms with van der Waals surface area (Å²) in [4.78, 5) is 2.48. The predicted octanol–water partition coefficient (Wildman–Crippen LogP) is 2.50. The van der Waals surface area contributed by atoms with Crippen LogP contribution in [-0.2, 0) is 0 Å². The summed E-state index contributed by atoms with van der Waals surface area (Å²) in [6, 6.07) is 0.794. The Kier molecular flexibility index (Phi) is 5.07. The van der Waals surface area contributed by atoms with Gasteiger partial charge in [0.25, 0.3) is 0 Å². The first-order valence-corrected chi connectivity index (χ1v) is 6.39. The van der Waals surface area contributed by atoms with Gasteiger partial charge < -0.3 is 10.2 Å². The molecule has 2 heteroatoms. The second kappa shape index (κ2) is 5.86. The van der Waals surface area contributed by atoms with Crippen LogP contribution >= 0.6 is 0 Å². The summed E-state index contributed by atoms with van der Waals surface area (Å²) < 4.78 is 0. The van der Waals surface area contributed by atoms with Gasteiger partial charge in [0.1, 0.15) is 0 Å². The van der Waals surface area contributed by atoms with Crippen LogP contribution in [0.5, 0.6) is 0 Å². The largest absolute Gasteiger partial charge is 0.314 e. The summed E-state index contributed by atoms with van der Waals surface area (Å²) in [5, 5.41) is 3.56. The molecule has 1 aliphatic heterocycles. The van der Waals surface area contributed by atoms with E-state index in [1.165, 1.54) is 45.3 Å². The van der Waals surface area contributed by atoms with E-state index in [4.69, 9.17) is 0 Å². The van der Waals surface area contributed by atoms with Gasteiger partial charge in [0.15, 0.2) is 0 Å². The molecule has 1 rings (SSSR count). The van der Waals surface area contributed by atoms with Crippen molar-refractivity contribution in [3.63, 3.8) is 0 Å². The SMILES string of the molecule is CN(CCC1CCCN1)CCC(C)(C)C. The predicted molar refractivity (Wildman–Crippen MR) is 67.2 cm³/mol. The van der Waals surface area contributed by atoms with Crippen LogP contribution in [0.2, 0.25) is 0 Å². The van der Waals surface area contributed by atoms with E-state index in [1.807, 2.05) is 0 Å². The van der Waals surface area contributed by atoms with Crippen LogP contribution in [0.4, 0.5) is 0 Å². The van der Waals surface area contributed by atoms with Gasteiger partial charge in [-0.15, -0.1) is 0 Å². The molecule has 1 atom stereocenters. The van der Waals surface area contributed by atoms with Crippen molar-refractivity contribution in [1.29, 1.82) is 0 Å². The molecule has 15 heavy (non-hydrogen) atoms. The van der Waals surface area contributed by atoms with Gasteiger partial charge in [-0.1, -0.05) is 20.8 Å². The molecule has 1 aliphatic rings. The fraction of sp³-hybridized carbons (Fsp3) is 1.00. The topological polar surface area (TPSA) is 15.3 Å². The van der Waals surface area contributed by atoms with E-state index in [1.54, 1.807) is 0 Å². The highest BCUT2D eigenvalue weighted by atomic mass is 15.1. The zero-order valence-electron chi connectivity index (χ0n) is 11.0. The van der Waals surface area contributed by atoms with Crippen LogP contribution < -0.4 is 5.32 Å². The van der Waals surface area contributed by atoms with Crippen molar-refractivity contribution in [2.45, 2.75) is 52.5 Å². The molecule has 0 aromatic carbocycles. The Hall–Kier alpha value is -0.0800. The first kappa shape index (κ1) is 13.0. The molecule has 1 unspecified atom stereocenters. The van der Waals surface area contributed by atoms with Crippen LogP contribution in [0.3, 0.4) is 0 Å². The molecule has 1 saturated heterocycles. The monoisotopic (exact) mass is 212 g/mol.